The molecular formula is C20H19N. The third-order valence-corrected chi connectivity index (χ3v) is 3.67. The van der Waals surface area contributed by atoms with Crippen LogP contribution in [0.2, 0.25) is 0 Å². The first-order valence-electron chi connectivity index (χ1n) is 7.36. The van der Waals surface area contributed by atoms with Gasteiger partial charge in [0.1, 0.15) is 0 Å². The van der Waals surface area contributed by atoms with Gasteiger partial charge in [-0.1, -0.05) is 68.5 Å². The minimum atomic E-state index is 0.574. The van der Waals surface area contributed by atoms with Crippen molar-refractivity contribution >= 4 is 23.1 Å². The van der Waals surface area contributed by atoms with E-state index in [1.807, 2.05) is 18.2 Å². The van der Waals surface area contributed by atoms with E-state index in [1.54, 1.807) is 0 Å². The number of aromatic nitrogens is 1. The van der Waals surface area contributed by atoms with Gasteiger partial charge in [-0.05, 0) is 35.3 Å². The molecule has 1 aromatic heterocycles. The summed E-state index contributed by atoms with van der Waals surface area (Å²) in [7, 11) is 0. The van der Waals surface area contributed by atoms with Crippen molar-refractivity contribution in [3.63, 3.8) is 0 Å². The molecule has 0 saturated heterocycles. The van der Waals surface area contributed by atoms with Gasteiger partial charge in [0.2, 0.25) is 0 Å². The van der Waals surface area contributed by atoms with E-state index in [1.165, 1.54) is 16.5 Å². The van der Waals surface area contributed by atoms with Crippen molar-refractivity contribution < 1.29 is 0 Å². The minimum absolute atomic E-state index is 0.574. The smallest absolute Gasteiger partial charge is 0.0709 e. The van der Waals surface area contributed by atoms with Crippen molar-refractivity contribution in [2.75, 3.05) is 0 Å². The maximum atomic E-state index is 4.65. The van der Waals surface area contributed by atoms with Crippen molar-refractivity contribution in [2.45, 2.75) is 19.8 Å². The second-order valence-corrected chi connectivity index (χ2v) is 5.58. The molecule has 0 atom stereocenters. The maximum absolute atomic E-state index is 4.65. The van der Waals surface area contributed by atoms with Gasteiger partial charge in [0.05, 0.1) is 11.2 Å². The van der Waals surface area contributed by atoms with Crippen LogP contribution in [0.1, 0.15) is 36.6 Å². The predicted octanol–water partition coefficient (Wildman–Crippen LogP) is 5.53. The van der Waals surface area contributed by atoms with Crippen LogP contribution in [0, 0.1) is 0 Å². The van der Waals surface area contributed by atoms with Crippen molar-refractivity contribution in [1.82, 2.24) is 4.98 Å². The Morgan fingerprint density at radius 2 is 1.57 bits per heavy atom. The molecule has 0 aliphatic carbocycles. The fraction of sp³-hybridized carbons (Fsp3) is 0.150. The average Bonchev–Trinajstić information content (AvgIpc) is 2.53. The van der Waals surface area contributed by atoms with Crippen molar-refractivity contribution in [1.29, 1.82) is 0 Å². The molecule has 0 spiro atoms. The summed E-state index contributed by atoms with van der Waals surface area (Å²) in [6.07, 6.45) is 4.18. The number of hydrogen-bond donors (Lipinski definition) is 0. The van der Waals surface area contributed by atoms with E-state index in [0.29, 0.717) is 5.92 Å². The predicted molar refractivity (Wildman–Crippen MR) is 91.2 cm³/mol. The molecule has 0 amide bonds. The molecule has 3 rings (SSSR count). The zero-order chi connectivity index (χ0) is 14.7. The number of nitrogens with zero attached hydrogens (tertiary/aromatic N) is 1. The molecule has 0 radical (unpaired) electrons. The SMILES string of the molecule is CC(C)c1ccc(/C=C/c2ccc3ccccc3n2)cc1. The normalized spacial score (nSPS) is 11.6. The van der Waals surface area contributed by atoms with Crippen molar-refractivity contribution in [3.05, 3.63) is 77.5 Å². The number of hydrogen-bond acceptors (Lipinski definition) is 1. The largest absolute Gasteiger partial charge is 0.248 e. The Hall–Kier alpha value is -2.41. The third kappa shape index (κ3) is 3.19. The summed E-state index contributed by atoms with van der Waals surface area (Å²) < 4.78 is 0. The number of fused-ring (bicyclic) bond motifs is 1. The Balaban J connectivity index is 1.83. The van der Waals surface area contributed by atoms with Gasteiger partial charge >= 0.3 is 0 Å². The van der Waals surface area contributed by atoms with Gasteiger partial charge in [0.25, 0.3) is 0 Å². The van der Waals surface area contributed by atoms with E-state index in [9.17, 15) is 0 Å². The molecule has 0 unspecified atom stereocenters. The third-order valence-electron chi connectivity index (χ3n) is 3.67. The quantitative estimate of drug-likeness (QED) is 0.611. The average molecular weight is 273 g/mol. The van der Waals surface area contributed by atoms with Crippen LogP contribution in [0.4, 0.5) is 0 Å². The van der Waals surface area contributed by atoms with Crippen LogP contribution in [0.25, 0.3) is 23.1 Å². The van der Waals surface area contributed by atoms with Gasteiger partial charge in [0, 0.05) is 5.39 Å². The highest BCUT2D eigenvalue weighted by atomic mass is 14.7. The molecule has 1 nitrogen and oxygen atoms in total. The fourth-order valence-corrected chi connectivity index (χ4v) is 2.35. The topological polar surface area (TPSA) is 12.9 Å². The Morgan fingerprint density at radius 1 is 0.810 bits per heavy atom. The van der Waals surface area contributed by atoms with Gasteiger partial charge in [-0.2, -0.15) is 0 Å². The van der Waals surface area contributed by atoms with Gasteiger partial charge in [0.15, 0.2) is 0 Å². The maximum Gasteiger partial charge on any atom is 0.0709 e. The number of benzene rings is 2. The Morgan fingerprint density at radius 3 is 2.33 bits per heavy atom. The van der Waals surface area contributed by atoms with E-state index in [4.69, 9.17) is 0 Å². The van der Waals surface area contributed by atoms with Crippen LogP contribution in [0.5, 0.6) is 0 Å². The Bertz CT molecular complexity index is 767. The molecule has 0 bridgehead atoms. The lowest BCUT2D eigenvalue weighted by molar-refractivity contribution is 0.866. The molecule has 1 heteroatoms. The molecule has 0 saturated carbocycles. The summed E-state index contributed by atoms with van der Waals surface area (Å²) in [5.41, 5.74) is 4.60. The van der Waals surface area contributed by atoms with E-state index < -0.39 is 0 Å². The van der Waals surface area contributed by atoms with Gasteiger partial charge in [-0.3, -0.25) is 0 Å². The van der Waals surface area contributed by atoms with E-state index in [2.05, 4.69) is 73.4 Å². The fourth-order valence-electron chi connectivity index (χ4n) is 2.35. The van der Waals surface area contributed by atoms with Crippen molar-refractivity contribution in [2.24, 2.45) is 0 Å². The first-order valence-corrected chi connectivity index (χ1v) is 7.36. The molecular weight excluding hydrogens is 254 g/mol. The molecule has 0 aliphatic heterocycles. The van der Waals surface area contributed by atoms with Gasteiger partial charge in [-0.25, -0.2) is 4.98 Å². The zero-order valence-corrected chi connectivity index (χ0v) is 12.5. The highest BCUT2D eigenvalue weighted by Gasteiger charge is 1.98. The molecule has 3 aromatic rings. The lowest BCUT2D eigenvalue weighted by Gasteiger charge is -2.04. The molecule has 1 heterocycles. The van der Waals surface area contributed by atoms with Gasteiger partial charge in [-0.15, -0.1) is 0 Å². The van der Waals surface area contributed by atoms with E-state index in [0.717, 1.165) is 11.2 Å². The molecule has 104 valence electrons. The standard InChI is InChI=1S/C20H19N/c1-15(2)17-10-7-16(8-11-17)9-13-19-14-12-18-5-3-4-6-20(18)21-19/h3-15H,1-2H3/b13-9+. The van der Waals surface area contributed by atoms with E-state index >= 15 is 0 Å². The second-order valence-electron chi connectivity index (χ2n) is 5.58. The van der Waals surface area contributed by atoms with E-state index in [-0.39, 0.29) is 0 Å². The molecule has 0 fully saturated rings. The summed E-state index contributed by atoms with van der Waals surface area (Å²) in [6.45, 7) is 4.42. The van der Waals surface area contributed by atoms with Crippen LogP contribution < -0.4 is 0 Å². The molecule has 21 heavy (non-hydrogen) atoms. The first-order chi connectivity index (χ1) is 10.2. The van der Waals surface area contributed by atoms with Crippen LogP contribution >= 0.6 is 0 Å². The van der Waals surface area contributed by atoms with Crippen molar-refractivity contribution in [3.8, 4) is 0 Å². The Kier molecular flexibility index (Phi) is 3.83. The van der Waals surface area contributed by atoms with Crippen LogP contribution in [0.3, 0.4) is 0 Å². The molecule has 0 aliphatic rings. The minimum Gasteiger partial charge on any atom is -0.248 e. The molecule has 2 aromatic carbocycles. The number of rotatable bonds is 3. The van der Waals surface area contributed by atoms with Crippen LogP contribution in [0.15, 0.2) is 60.7 Å². The van der Waals surface area contributed by atoms with Crippen LogP contribution in [-0.2, 0) is 0 Å². The summed E-state index contributed by atoms with van der Waals surface area (Å²) in [5.74, 6) is 0.574. The summed E-state index contributed by atoms with van der Waals surface area (Å²) >= 11 is 0. The van der Waals surface area contributed by atoms with Gasteiger partial charge < -0.3 is 0 Å². The molecule has 0 N–H and O–H groups in total. The number of pyridine rings is 1. The lowest BCUT2D eigenvalue weighted by Crippen LogP contribution is -1.86. The lowest BCUT2D eigenvalue weighted by atomic mass is 10.0. The summed E-state index contributed by atoms with van der Waals surface area (Å²) in [5, 5.41) is 1.18. The summed E-state index contributed by atoms with van der Waals surface area (Å²) in [6, 6.07) is 21.1. The first kappa shape index (κ1) is 13.6. The Labute approximate surface area is 126 Å². The zero-order valence-electron chi connectivity index (χ0n) is 12.5. The monoisotopic (exact) mass is 273 g/mol. The second kappa shape index (κ2) is 5.92. The summed E-state index contributed by atoms with van der Waals surface area (Å²) in [4.78, 5) is 4.65. The highest BCUT2D eigenvalue weighted by molar-refractivity contribution is 5.80. The number of para-hydroxylation sites is 1. The highest BCUT2D eigenvalue weighted by Crippen LogP contribution is 2.17. The van der Waals surface area contributed by atoms with Crippen LogP contribution in [-0.4, -0.2) is 4.98 Å².